The minimum atomic E-state index is -3.91. The smallest absolute Gasteiger partial charge is 0.213 e. The molecule has 0 amide bonds. The number of halogens is 1. The van der Waals surface area contributed by atoms with E-state index in [2.05, 4.69) is 5.10 Å². The molecular weight excluding hydrogens is 423 g/mol. The summed E-state index contributed by atoms with van der Waals surface area (Å²) in [5, 5.41) is 3.97. The molecule has 2 aromatic rings. The van der Waals surface area contributed by atoms with Crippen molar-refractivity contribution in [3.8, 4) is 5.88 Å². The van der Waals surface area contributed by atoms with Crippen LogP contribution in [0.25, 0.3) is 0 Å². The van der Waals surface area contributed by atoms with Crippen molar-refractivity contribution in [2.45, 2.75) is 62.6 Å². The van der Waals surface area contributed by atoms with Crippen LogP contribution in [0.3, 0.4) is 0 Å². The van der Waals surface area contributed by atoms with Crippen molar-refractivity contribution >= 4 is 15.6 Å². The van der Waals surface area contributed by atoms with E-state index in [9.17, 15) is 17.6 Å². The highest BCUT2D eigenvalue weighted by Crippen LogP contribution is 2.38. The van der Waals surface area contributed by atoms with E-state index in [1.54, 1.807) is 7.11 Å². The van der Waals surface area contributed by atoms with Gasteiger partial charge in [-0.25, -0.2) is 17.5 Å². The van der Waals surface area contributed by atoms with E-state index in [4.69, 9.17) is 9.47 Å². The summed E-state index contributed by atoms with van der Waals surface area (Å²) in [5.74, 6) is -0.760. The third kappa shape index (κ3) is 3.57. The first-order valence-corrected chi connectivity index (χ1v) is 12.3. The number of methoxy groups -OCH3 is 1. The molecule has 0 spiro atoms. The molecule has 31 heavy (non-hydrogen) atoms. The van der Waals surface area contributed by atoms with Gasteiger partial charge >= 0.3 is 0 Å². The van der Waals surface area contributed by atoms with Gasteiger partial charge in [-0.2, -0.15) is 5.10 Å². The van der Waals surface area contributed by atoms with Gasteiger partial charge in [0, 0.05) is 19.6 Å². The summed E-state index contributed by atoms with van der Waals surface area (Å²) < 4.78 is 52.8. The Balaban J connectivity index is 1.38. The second-order valence-electron chi connectivity index (χ2n) is 8.56. The maximum Gasteiger partial charge on any atom is 0.213 e. The first kappa shape index (κ1) is 20.6. The largest absolute Gasteiger partial charge is 0.475 e. The Hall–Kier alpha value is -2.26. The molecule has 0 saturated heterocycles. The van der Waals surface area contributed by atoms with Crippen LogP contribution in [-0.4, -0.2) is 49.6 Å². The molecule has 2 heterocycles. The Bertz CT molecular complexity index is 1140. The molecule has 166 valence electrons. The van der Waals surface area contributed by atoms with Crippen LogP contribution in [0.5, 0.6) is 5.88 Å². The lowest BCUT2D eigenvalue weighted by Gasteiger charge is -2.22. The molecule has 0 radical (unpaired) electrons. The van der Waals surface area contributed by atoms with Gasteiger partial charge in [0.1, 0.15) is 24.3 Å². The molecule has 1 atom stereocenters. The van der Waals surface area contributed by atoms with Crippen LogP contribution in [-0.2, 0) is 58.0 Å². The van der Waals surface area contributed by atoms with Crippen LogP contribution in [0, 0.1) is 5.82 Å². The van der Waals surface area contributed by atoms with Crippen LogP contribution in [0.4, 0.5) is 4.39 Å². The SMILES string of the molecule is COC1COc2cc(S(=O)(=O)CC(=O)Cc3c4c(c(F)c5c3CCC5)CCC4)nn2C1. The van der Waals surface area contributed by atoms with E-state index in [0.717, 1.165) is 53.5 Å². The molecule has 0 N–H and O–H groups in total. The number of hydrogen-bond donors (Lipinski definition) is 0. The lowest BCUT2D eigenvalue weighted by Crippen LogP contribution is -2.31. The van der Waals surface area contributed by atoms with E-state index < -0.39 is 21.4 Å². The molecule has 1 aliphatic heterocycles. The van der Waals surface area contributed by atoms with E-state index in [0.29, 0.717) is 31.9 Å². The van der Waals surface area contributed by atoms with Crippen LogP contribution in [0.2, 0.25) is 0 Å². The van der Waals surface area contributed by atoms with Crippen molar-refractivity contribution in [1.82, 2.24) is 9.78 Å². The number of aromatic nitrogens is 2. The Morgan fingerprint density at radius 1 is 1.19 bits per heavy atom. The maximum atomic E-state index is 14.8. The third-order valence-corrected chi connectivity index (χ3v) is 8.12. The molecule has 3 aliphatic rings. The number of fused-ring (bicyclic) bond motifs is 3. The van der Waals surface area contributed by atoms with Gasteiger partial charge in [0.2, 0.25) is 15.7 Å². The molecule has 0 saturated carbocycles. The Kier molecular flexibility index (Phi) is 5.13. The molecule has 7 nitrogen and oxygen atoms in total. The molecule has 1 aromatic heterocycles. The fraction of sp³-hybridized carbons (Fsp3) is 0.545. The molecular formula is C22H25FN2O5S. The van der Waals surface area contributed by atoms with Gasteiger partial charge < -0.3 is 9.47 Å². The van der Waals surface area contributed by atoms with Crippen molar-refractivity contribution in [2.75, 3.05) is 19.5 Å². The molecule has 2 aliphatic carbocycles. The summed E-state index contributed by atoms with van der Waals surface area (Å²) in [6.07, 6.45) is 4.45. The highest BCUT2D eigenvalue weighted by molar-refractivity contribution is 7.92. The molecule has 5 rings (SSSR count). The highest BCUT2D eigenvalue weighted by Gasteiger charge is 2.32. The van der Waals surface area contributed by atoms with Gasteiger partial charge in [0.05, 0.1) is 6.54 Å². The normalized spacial score (nSPS) is 19.6. The summed E-state index contributed by atoms with van der Waals surface area (Å²) in [6, 6.07) is 1.36. The number of Topliss-reactive ketones (excluding diaryl/α,β-unsaturated/α-hetero) is 1. The van der Waals surface area contributed by atoms with Gasteiger partial charge in [0.15, 0.2) is 10.8 Å². The summed E-state index contributed by atoms with van der Waals surface area (Å²) in [6.45, 7) is 0.713. The van der Waals surface area contributed by atoms with Crippen LogP contribution in [0.15, 0.2) is 11.1 Å². The van der Waals surface area contributed by atoms with E-state index in [-0.39, 0.29) is 23.4 Å². The zero-order valence-corrected chi connectivity index (χ0v) is 18.3. The van der Waals surface area contributed by atoms with Crippen LogP contribution < -0.4 is 4.74 Å². The summed E-state index contributed by atoms with van der Waals surface area (Å²) in [7, 11) is -2.35. The van der Waals surface area contributed by atoms with E-state index in [1.165, 1.54) is 10.7 Å². The second kappa shape index (κ2) is 7.70. The van der Waals surface area contributed by atoms with Crippen molar-refractivity contribution < 1.29 is 27.1 Å². The predicted octanol–water partition coefficient (Wildman–Crippen LogP) is 1.99. The minimum Gasteiger partial charge on any atom is -0.475 e. The molecule has 1 aromatic carbocycles. The van der Waals surface area contributed by atoms with Crippen LogP contribution in [0.1, 0.15) is 40.7 Å². The van der Waals surface area contributed by atoms with Gasteiger partial charge in [-0.05, 0) is 66.3 Å². The Labute approximate surface area is 180 Å². The van der Waals surface area contributed by atoms with Gasteiger partial charge in [0.25, 0.3) is 0 Å². The summed E-state index contributed by atoms with van der Waals surface area (Å²) >= 11 is 0. The van der Waals surface area contributed by atoms with E-state index in [1.807, 2.05) is 0 Å². The molecule has 9 heteroatoms. The third-order valence-electron chi connectivity index (χ3n) is 6.59. The fourth-order valence-electron chi connectivity index (χ4n) is 5.09. The fourth-order valence-corrected chi connectivity index (χ4v) is 6.27. The summed E-state index contributed by atoms with van der Waals surface area (Å²) in [5.41, 5.74) is 4.20. The topological polar surface area (TPSA) is 87.5 Å². The zero-order chi connectivity index (χ0) is 21.8. The molecule has 0 fully saturated rings. The Morgan fingerprint density at radius 3 is 2.48 bits per heavy atom. The van der Waals surface area contributed by atoms with Crippen molar-refractivity contribution in [2.24, 2.45) is 0 Å². The minimum absolute atomic E-state index is 0.0278. The lowest BCUT2D eigenvalue weighted by molar-refractivity contribution is -0.116. The average molecular weight is 449 g/mol. The zero-order valence-electron chi connectivity index (χ0n) is 17.4. The van der Waals surface area contributed by atoms with E-state index >= 15 is 0 Å². The first-order chi connectivity index (χ1) is 14.9. The number of ketones is 1. The van der Waals surface area contributed by atoms with Crippen molar-refractivity contribution in [3.63, 3.8) is 0 Å². The quantitative estimate of drug-likeness (QED) is 0.672. The molecule has 1 unspecified atom stereocenters. The average Bonchev–Trinajstić information content (AvgIpc) is 3.49. The van der Waals surface area contributed by atoms with Crippen molar-refractivity contribution in [3.05, 3.63) is 39.7 Å². The second-order valence-corrected chi connectivity index (χ2v) is 10.5. The number of carbonyl (C=O) groups excluding carboxylic acids is 1. The number of ether oxygens (including phenoxy) is 2. The number of benzene rings is 1. The summed E-state index contributed by atoms with van der Waals surface area (Å²) in [4.78, 5) is 12.9. The predicted molar refractivity (Wildman–Crippen MR) is 110 cm³/mol. The molecule has 0 bridgehead atoms. The standard InChI is InChI=1S/C22H25FN2O5S/c1-29-14-10-25-21(30-11-14)9-20(24-25)31(27,28)12-13(26)8-19-15-4-2-6-17(15)22(23)18-7-3-5-16(18)19/h9,14H,2-8,10-12H2,1H3. The number of nitrogens with zero attached hydrogens (tertiary/aromatic N) is 2. The first-order valence-electron chi connectivity index (χ1n) is 10.7. The highest BCUT2D eigenvalue weighted by atomic mass is 32.2. The van der Waals surface area contributed by atoms with Crippen LogP contribution >= 0.6 is 0 Å². The number of sulfone groups is 1. The van der Waals surface area contributed by atoms with Gasteiger partial charge in [-0.1, -0.05) is 0 Å². The number of rotatable bonds is 6. The van der Waals surface area contributed by atoms with Gasteiger partial charge in [-0.15, -0.1) is 0 Å². The van der Waals surface area contributed by atoms with Gasteiger partial charge in [-0.3, -0.25) is 4.79 Å². The lowest BCUT2D eigenvalue weighted by atomic mass is 9.90. The monoisotopic (exact) mass is 448 g/mol. The maximum absolute atomic E-state index is 14.8. The van der Waals surface area contributed by atoms with Crippen molar-refractivity contribution in [1.29, 1.82) is 0 Å². The Morgan fingerprint density at radius 2 is 1.84 bits per heavy atom. The number of carbonyl (C=O) groups is 1. The number of hydrogen-bond acceptors (Lipinski definition) is 6.